The molecule has 2 aromatic rings. The lowest BCUT2D eigenvalue weighted by Crippen LogP contribution is -1.84. The number of aromatic hydroxyl groups is 1. The molecule has 0 amide bonds. The normalized spacial score (nSPS) is 10.4. The first-order valence-corrected chi connectivity index (χ1v) is 7.29. The number of hydrogen-bond donors (Lipinski definition) is 1. The van der Waals surface area contributed by atoms with Crippen LogP contribution in [0.25, 0.3) is 0 Å². The molecule has 0 bridgehead atoms. The van der Waals surface area contributed by atoms with Gasteiger partial charge in [0.1, 0.15) is 5.75 Å². The predicted molar refractivity (Wildman–Crippen MR) is 77.2 cm³/mol. The largest absolute Gasteiger partial charge is 0.508 e. The molecule has 0 spiro atoms. The zero-order valence-electron chi connectivity index (χ0n) is 9.27. The maximum atomic E-state index is 9.70. The summed E-state index contributed by atoms with van der Waals surface area (Å²) in [6.07, 6.45) is 0. The molecule has 0 atom stereocenters. The van der Waals surface area contributed by atoms with Crippen LogP contribution in [0.1, 0.15) is 11.1 Å². The molecule has 0 radical (unpaired) electrons. The molecule has 0 fully saturated rings. The number of phenols is 1. The Kier molecular flexibility index (Phi) is 4.51. The molecule has 0 unspecified atom stereocenters. The van der Waals surface area contributed by atoms with Crippen molar-refractivity contribution in [3.8, 4) is 5.75 Å². The van der Waals surface area contributed by atoms with Crippen LogP contribution in [-0.4, -0.2) is 5.11 Å². The first kappa shape index (κ1) is 12.5. The highest BCUT2D eigenvalue weighted by molar-refractivity contribution is 9.10. The lowest BCUT2D eigenvalue weighted by Gasteiger charge is -2.05. The molecular formula is C14H13BrOS. The number of benzene rings is 2. The molecule has 0 saturated carbocycles. The van der Waals surface area contributed by atoms with Crippen molar-refractivity contribution in [1.29, 1.82) is 0 Å². The SMILES string of the molecule is Oc1ccc(Br)cc1CSCc1ccccc1. The van der Waals surface area contributed by atoms with Crippen LogP contribution >= 0.6 is 27.7 Å². The van der Waals surface area contributed by atoms with Gasteiger partial charge in [-0.05, 0) is 23.8 Å². The molecule has 0 aliphatic rings. The van der Waals surface area contributed by atoms with E-state index >= 15 is 0 Å². The van der Waals surface area contributed by atoms with E-state index in [1.807, 2.05) is 30.3 Å². The van der Waals surface area contributed by atoms with E-state index in [0.717, 1.165) is 21.5 Å². The van der Waals surface area contributed by atoms with Gasteiger partial charge in [0, 0.05) is 21.5 Å². The third-order valence-corrected chi connectivity index (χ3v) is 3.96. The van der Waals surface area contributed by atoms with E-state index in [1.165, 1.54) is 5.56 Å². The Morgan fingerprint density at radius 2 is 1.76 bits per heavy atom. The van der Waals surface area contributed by atoms with Gasteiger partial charge in [-0.15, -0.1) is 0 Å². The maximum Gasteiger partial charge on any atom is 0.119 e. The van der Waals surface area contributed by atoms with Crippen molar-refractivity contribution in [3.05, 3.63) is 64.1 Å². The second kappa shape index (κ2) is 6.12. The zero-order valence-corrected chi connectivity index (χ0v) is 11.7. The molecule has 0 aliphatic heterocycles. The highest BCUT2D eigenvalue weighted by Gasteiger charge is 2.02. The lowest BCUT2D eigenvalue weighted by molar-refractivity contribution is 0.470. The minimum atomic E-state index is 0.369. The highest BCUT2D eigenvalue weighted by atomic mass is 79.9. The lowest BCUT2D eigenvalue weighted by atomic mass is 10.2. The van der Waals surface area contributed by atoms with Crippen LogP contribution in [0.5, 0.6) is 5.75 Å². The number of rotatable bonds is 4. The Morgan fingerprint density at radius 3 is 2.53 bits per heavy atom. The maximum absolute atomic E-state index is 9.70. The van der Waals surface area contributed by atoms with Crippen LogP contribution < -0.4 is 0 Å². The highest BCUT2D eigenvalue weighted by Crippen LogP contribution is 2.27. The number of halogens is 1. The molecule has 3 heteroatoms. The molecular weight excluding hydrogens is 296 g/mol. The summed E-state index contributed by atoms with van der Waals surface area (Å²) in [4.78, 5) is 0. The summed E-state index contributed by atoms with van der Waals surface area (Å²) >= 11 is 5.21. The van der Waals surface area contributed by atoms with Gasteiger partial charge in [0.2, 0.25) is 0 Å². The first-order valence-electron chi connectivity index (χ1n) is 5.35. The summed E-state index contributed by atoms with van der Waals surface area (Å²) in [6.45, 7) is 0. The van der Waals surface area contributed by atoms with Gasteiger partial charge in [0.25, 0.3) is 0 Å². The second-order valence-corrected chi connectivity index (χ2v) is 5.65. The van der Waals surface area contributed by atoms with Crippen molar-refractivity contribution < 1.29 is 5.11 Å². The Balaban J connectivity index is 1.92. The van der Waals surface area contributed by atoms with Crippen LogP contribution in [0.2, 0.25) is 0 Å². The molecule has 0 heterocycles. The quantitative estimate of drug-likeness (QED) is 0.891. The Labute approximate surface area is 114 Å². The molecule has 0 saturated heterocycles. The van der Waals surface area contributed by atoms with Gasteiger partial charge < -0.3 is 5.11 Å². The van der Waals surface area contributed by atoms with E-state index in [1.54, 1.807) is 17.8 Å². The summed E-state index contributed by atoms with van der Waals surface area (Å²) < 4.78 is 1.01. The topological polar surface area (TPSA) is 20.2 Å². The first-order chi connectivity index (χ1) is 8.25. The van der Waals surface area contributed by atoms with E-state index < -0.39 is 0 Å². The standard InChI is InChI=1S/C14H13BrOS/c15-13-6-7-14(16)12(8-13)10-17-9-11-4-2-1-3-5-11/h1-8,16H,9-10H2. The summed E-state index contributed by atoms with van der Waals surface area (Å²) in [6, 6.07) is 15.9. The van der Waals surface area contributed by atoms with Crippen molar-refractivity contribution in [2.45, 2.75) is 11.5 Å². The Morgan fingerprint density at radius 1 is 1.00 bits per heavy atom. The smallest absolute Gasteiger partial charge is 0.119 e. The van der Waals surface area contributed by atoms with E-state index in [-0.39, 0.29) is 0 Å². The van der Waals surface area contributed by atoms with Crippen LogP contribution in [0.3, 0.4) is 0 Å². The third kappa shape index (κ3) is 3.79. The van der Waals surface area contributed by atoms with Gasteiger partial charge in [0.05, 0.1) is 0 Å². The van der Waals surface area contributed by atoms with E-state index in [4.69, 9.17) is 0 Å². The molecule has 0 aromatic heterocycles. The second-order valence-electron chi connectivity index (χ2n) is 3.75. The predicted octanol–water partition coefficient (Wildman–Crippen LogP) is 4.59. The van der Waals surface area contributed by atoms with Crippen LogP contribution in [0.4, 0.5) is 0 Å². The number of phenolic OH excluding ortho intramolecular Hbond substituents is 1. The molecule has 0 aliphatic carbocycles. The third-order valence-electron chi connectivity index (χ3n) is 2.41. The fraction of sp³-hybridized carbons (Fsp3) is 0.143. The molecule has 88 valence electrons. The van der Waals surface area contributed by atoms with E-state index in [9.17, 15) is 5.11 Å². The van der Waals surface area contributed by atoms with Crippen LogP contribution in [0, 0.1) is 0 Å². The molecule has 1 nitrogen and oxygen atoms in total. The summed E-state index contributed by atoms with van der Waals surface area (Å²) in [5.41, 5.74) is 2.28. The van der Waals surface area contributed by atoms with E-state index in [0.29, 0.717) is 5.75 Å². The number of hydrogen-bond acceptors (Lipinski definition) is 2. The van der Waals surface area contributed by atoms with Crippen molar-refractivity contribution in [2.24, 2.45) is 0 Å². The van der Waals surface area contributed by atoms with Gasteiger partial charge in [-0.2, -0.15) is 11.8 Å². The van der Waals surface area contributed by atoms with Gasteiger partial charge in [-0.3, -0.25) is 0 Å². The monoisotopic (exact) mass is 308 g/mol. The number of thioether (sulfide) groups is 1. The molecule has 17 heavy (non-hydrogen) atoms. The van der Waals surface area contributed by atoms with Crippen LogP contribution in [0.15, 0.2) is 53.0 Å². The minimum Gasteiger partial charge on any atom is -0.508 e. The summed E-state index contributed by atoms with van der Waals surface area (Å²) in [5, 5.41) is 9.70. The average Bonchev–Trinajstić information content (AvgIpc) is 2.35. The van der Waals surface area contributed by atoms with Gasteiger partial charge in [-0.25, -0.2) is 0 Å². The zero-order chi connectivity index (χ0) is 12.1. The van der Waals surface area contributed by atoms with Gasteiger partial charge in [0.15, 0.2) is 0 Å². The molecule has 2 aromatic carbocycles. The van der Waals surface area contributed by atoms with Crippen LogP contribution in [-0.2, 0) is 11.5 Å². The Bertz CT molecular complexity index is 485. The fourth-order valence-electron chi connectivity index (χ4n) is 1.52. The molecule has 2 rings (SSSR count). The van der Waals surface area contributed by atoms with Gasteiger partial charge >= 0.3 is 0 Å². The Hall–Kier alpha value is -0.930. The summed E-state index contributed by atoms with van der Waals surface area (Å²) in [7, 11) is 0. The van der Waals surface area contributed by atoms with Crippen molar-refractivity contribution in [1.82, 2.24) is 0 Å². The van der Waals surface area contributed by atoms with Crippen molar-refractivity contribution in [3.63, 3.8) is 0 Å². The van der Waals surface area contributed by atoms with Crippen molar-refractivity contribution in [2.75, 3.05) is 0 Å². The van der Waals surface area contributed by atoms with E-state index in [2.05, 4.69) is 28.1 Å². The van der Waals surface area contributed by atoms with Crippen molar-refractivity contribution >= 4 is 27.7 Å². The average molecular weight is 309 g/mol. The minimum absolute atomic E-state index is 0.369. The summed E-state index contributed by atoms with van der Waals surface area (Å²) in [5.74, 6) is 2.15. The fourth-order valence-corrected chi connectivity index (χ4v) is 2.91. The molecule has 1 N–H and O–H groups in total. The van der Waals surface area contributed by atoms with Gasteiger partial charge in [-0.1, -0.05) is 46.3 Å².